The fourth-order valence-electron chi connectivity index (χ4n) is 1.73. The van der Waals surface area contributed by atoms with Crippen LogP contribution in [0.4, 0.5) is 0 Å². The number of carbonyl (C=O) groups excluding carboxylic acids is 1. The first kappa shape index (κ1) is 13.8. The Balaban J connectivity index is 3.56. The predicted molar refractivity (Wildman–Crippen MR) is 68.7 cm³/mol. The molecule has 2 nitrogen and oxygen atoms in total. The van der Waals surface area contributed by atoms with E-state index in [1.807, 2.05) is 26.8 Å². The average molecular weight is 233 g/mol. The van der Waals surface area contributed by atoms with Gasteiger partial charge in [-0.3, -0.25) is 4.79 Å². The first-order valence-corrected chi connectivity index (χ1v) is 5.88. The van der Waals surface area contributed by atoms with Gasteiger partial charge in [0.05, 0.1) is 0 Å². The van der Waals surface area contributed by atoms with Crippen LogP contribution in [0.1, 0.15) is 63.0 Å². The average Bonchev–Trinajstić information content (AvgIpc) is 2.14. The molecule has 0 radical (unpaired) electrons. The highest BCUT2D eigenvalue weighted by Crippen LogP contribution is 2.35. The third-order valence-corrected chi connectivity index (χ3v) is 2.92. The number of hydrogen-bond donors (Lipinski definition) is 0. The van der Waals surface area contributed by atoms with Gasteiger partial charge in [0, 0.05) is 5.56 Å². The molecular weight excluding hydrogens is 212 g/mol. The number of carbonyl (C=O) groups is 1. The Morgan fingerprint density at radius 2 is 1.53 bits per heavy atom. The predicted octanol–water partition coefficient (Wildman–Crippen LogP) is 3.17. The van der Waals surface area contributed by atoms with Crippen LogP contribution in [0.15, 0.2) is 12.1 Å². The Morgan fingerprint density at radius 3 is 1.88 bits per heavy atom. The van der Waals surface area contributed by atoms with Crippen LogP contribution in [0.3, 0.4) is 0 Å². The minimum atomic E-state index is -0.240. The molecule has 0 amide bonds. The Morgan fingerprint density at radius 1 is 1.00 bits per heavy atom. The molecule has 2 heteroatoms. The van der Waals surface area contributed by atoms with Crippen LogP contribution in [-0.4, -0.2) is 6.29 Å². The molecule has 0 aliphatic heterocycles. The smallest absolute Gasteiger partial charge is 0.149 e. The minimum absolute atomic E-state index is 0.0640. The number of benzene rings is 1. The van der Waals surface area contributed by atoms with E-state index in [0.717, 1.165) is 5.56 Å². The van der Waals surface area contributed by atoms with Crippen LogP contribution < -0.4 is 5.11 Å². The molecule has 17 heavy (non-hydrogen) atoms. The third-order valence-electron chi connectivity index (χ3n) is 2.92. The molecule has 0 heterocycles. The minimum Gasteiger partial charge on any atom is -0.872 e. The second-order valence-corrected chi connectivity index (χ2v) is 6.56. The second kappa shape index (κ2) is 4.17. The Kier molecular flexibility index (Phi) is 3.37. The highest BCUT2D eigenvalue weighted by atomic mass is 16.3. The van der Waals surface area contributed by atoms with Gasteiger partial charge in [-0.15, -0.1) is 0 Å². The maximum Gasteiger partial charge on any atom is 0.149 e. The fraction of sp³-hybridized carbons (Fsp3) is 0.533. The molecule has 0 saturated carbocycles. The lowest BCUT2D eigenvalue weighted by molar-refractivity contribution is -0.270. The molecule has 0 aliphatic carbocycles. The molecule has 0 N–H and O–H groups in total. The lowest BCUT2D eigenvalue weighted by Crippen LogP contribution is -2.20. The van der Waals surface area contributed by atoms with E-state index in [0.29, 0.717) is 11.8 Å². The number of rotatable bonds is 1. The fourth-order valence-corrected chi connectivity index (χ4v) is 1.73. The van der Waals surface area contributed by atoms with Crippen molar-refractivity contribution in [1.82, 2.24) is 0 Å². The number of aldehydes is 1. The normalized spacial score (nSPS) is 12.6. The van der Waals surface area contributed by atoms with Crippen LogP contribution in [0, 0.1) is 0 Å². The van der Waals surface area contributed by atoms with Crippen molar-refractivity contribution in [3.05, 3.63) is 28.8 Å². The van der Waals surface area contributed by atoms with E-state index in [4.69, 9.17) is 0 Å². The van der Waals surface area contributed by atoms with E-state index in [1.165, 1.54) is 0 Å². The zero-order chi connectivity index (χ0) is 13.4. The molecular formula is C15H21O2-. The van der Waals surface area contributed by atoms with Gasteiger partial charge in [0.1, 0.15) is 6.29 Å². The number of hydrogen-bond acceptors (Lipinski definition) is 2. The SMILES string of the molecule is CC(C)(C)c1cc(C=O)c([O-])c(C(C)(C)C)c1. The summed E-state index contributed by atoms with van der Waals surface area (Å²) in [5.74, 6) is -0.138. The summed E-state index contributed by atoms with van der Waals surface area (Å²) in [7, 11) is 0. The lowest BCUT2D eigenvalue weighted by Gasteiger charge is -2.30. The standard InChI is InChI=1S/C15H22O2/c1-14(2,3)11-7-10(9-16)13(17)12(8-11)15(4,5)6/h7-9,17H,1-6H3/p-1. The van der Waals surface area contributed by atoms with E-state index >= 15 is 0 Å². The molecule has 1 aromatic rings. The van der Waals surface area contributed by atoms with Crippen molar-refractivity contribution < 1.29 is 9.90 Å². The Labute approximate surface area is 104 Å². The summed E-state index contributed by atoms with van der Waals surface area (Å²) < 4.78 is 0. The van der Waals surface area contributed by atoms with Crippen LogP contribution in [-0.2, 0) is 10.8 Å². The Bertz CT molecular complexity index is 431. The molecule has 0 atom stereocenters. The van der Waals surface area contributed by atoms with Gasteiger partial charge in [0.25, 0.3) is 0 Å². The monoisotopic (exact) mass is 233 g/mol. The lowest BCUT2D eigenvalue weighted by atomic mass is 9.79. The summed E-state index contributed by atoms with van der Waals surface area (Å²) in [5.41, 5.74) is 1.71. The zero-order valence-electron chi connectivity index (χ0n) is 11.5. The van der Waals surface area contributed by atoms with Crippen molar-refractivity contribution >= 4 is 6.29 Å². The molecule has 1 rings (SSSR count). The summed E-state index contributed by atoms with van der Waals surface area (Å²) in [4.78, 5) is 11.0. The van der Waals surface area contributed by atoms with Gasteiger partial charge in [-0.25, -0.2) is 0 Å². The topological polar surface area (TPSA) is 40.1 Å². The van der Waals surface area contributed by atoms with Gasteiger partial charge < -0.3 is 5.11 Å². The van der Waals surface area contributed by atoms with Crippen molar-refractivity contribution in [2.75, 3.05) is 0 Å². The highest BCUT2D eigenvalue weighted by Gasteiger charge is 2.21. The summed E-state index contributed by atoms with van der Waals surface area (Å²) in [6, 6.07) is 3.65. The first-order valence-electron chi connectivity index (χ1n) is 5.88. The summed E-state index contributed by atoms with van der Waals surface area (Å²) in [5, 5.41) is 12.1. The molecule has 0 saturated heterocycles. The summed E-state index contributed by atoms with van der Waals surface area (Å²) in [6.07, 6.45) is 0.660. The Hall–Kier alpha value is -1.31. The molecule has 0 bridgehead atoms. The van der Waals surface area contributed by atoms with Crippen molar-refractivity contribution in [3.63, 3.8) is 0 Å². The van der Waals surface area contributed by atoms with Gasteiger partial charge in [-0.2, -0.15) is 0 Å². The molecule has 94 valence electrons. The zero-order valence-corrected chi connectivity index (χ0v) is 11.5. The van der Waals surface area contributed by atoms with E-state index in [2.05, 4.69) is 20.8 Å². The van der Waals surface area contributed by atoms with Crippen LogP contribution in [0.25, 0.3) is 0 Å². The third kappa shape index (κ3) is 2.87. The molecule has 0 unspecified atom stereocenters. The van der Waals surface area contributed by atoms with Crippen molar-refractivity contribution in [3.8, 4) is 5.75 Å². The van der Waals surface area contributed by atoms with E-state index < -0.39 is 0 Å². The van der Waals surface area contributed by atoms with Crippen LogP contribution >= 0.6 is 0 Å². The quantitative estimate of drug-likeness (QED) is 0.699. The molecule has 1 aromatic carbocycles. The van der Waals surface area contributed by atoms with Gasteiger partial charge >= 0.3 is 0 Å². The molecule has 0 aliphatic rings. The maximum absolute atomic E-state index is 12.1. The van der Waals surface area contributed by atoms with E-state index in [1.54, 1.807) is 6.07 Å². The van der Waals surface area contributed by atoms with Crippen molar-refractivity contribution in [2.45, 2.75) is 52.4 Å². The van der Waals surface area contributed by atoms with E-state index in [-0.39, 0.29) is 22.1 Å². The second-order valence-electron chi connectivity index (χ2n) is 6.56. The van der Waals surface area contributed by atoms with Gasteiger partial charge in [0.15, 0.2) is 0 Å². The first-order chi connectivity index (χ1) is 7.57. The van der Waals surface area contributed by atoms with Crippen LogP contribution in [0.5, 0.6) is 5.75 Å². The van der Waals surface area contributed by atoms with Gasteiger partial charge in [-0.05, 0) is 28.0 Å². The maximum atomic E-state index is 12.1. The van der Waals surface area contributed by atoms with Gasteiger partial charge in [-0.1, -0.05) is 53.4 Å². The van der Waals surface area contributed by atoms with Crippen LogP contribution in [0.2, 0.25) is 0 Å². The van der Waals surface area contributed by atoms with Crippen molar-refractivity contribution in [2.24, 2.45) is 0 Å². The van der Waals surface area contributed by atoms with Crippen molar-refractivity contribution in [1.29, 1.82) is 0 Å². The largest absolute Gasteiger partial charge is 0.872 e. The molecule has 0 aromatic heterocycles. The highest BCUT2D eigenvalue weighted by molar-refractivity contribution is 5.80. The summed E-state index contributed by atoms with van der Waals surface area (Å²) in [6.45, 7) is 12.2. The molecule has 0 spiro atoms. The summed E-state index contributed by atoms with van der Waals surface area (Å²) >= 11 is 0. The molecule has 0 fully saturated rings. The van der Waals surface area contributed by atoms with Gasteiger partial charge in [0.2, 0.25) is 0 Å². The van der Waals surface area contributed by atoms with E-state index in [9.17, 15) is 9.90 Å².